The van der Waals surface area contributed by atoms with E-state index in [9.17, 15) is 0 Å². The summed E-state index contributed by atoms with van der Waals surface area (Å²) in [7, 11) is 0. The van der Waals surface area contributed by atoms with Gasteiger partial charge >= 0.3 is 0 Å². The SMILES string of the molecule is NC(=Nc1ccc2c3c(cccc13)C=C2)NN1CCCc2ccccc21. The molecular weight excluding hydrogens is 320 g/mol. The first-order valence-corrected chi connectivity index (χ1v) is 9.00. The molecule has 0 saturated heterocycles. The highest BCUT2D eigenvalue weighted by molar-refractivity contribution is 6.09. The molecule has 4 nitrogen and oxygen atoms in total. The van der Waals surface area contributed by atoms with E-state index in [0.717, 1.165) is 30.5 Å². The van der Waals surface area contributed by atoms with Gasteiger partial charge in [-0.3, -0.25) is 10.4 Å². The Hall–Kier alpha value is -3.27. The summed E-state index contributed by atoms with van der Waals surface area (Å²) < 4.78 is 0. The predicted molar refractivity (Wildman–Crippen MR) is 109 cm³/mol. The van der Waals surface area contributed by atoms with Gasteiger partial charge in [-0.1, -0.05) is 54.6 Å². The Morgan fingerprint density at radius 2 is 1.81 bits per heavy atom. The molecule has 0 fully saturated rings. The lowest BCUT2D eigenvalue weighted by molar-refractivity contribution is 0.667. The molecule has 0 radical (unpaired) electrons. The van der Waals surface area contributed by atoms with Gasteiger partial charge in [0.05, 0.1) is 11.4 Å². The Morgan fingerprint density at radius 3 is 2.73 bits per heavy atom. The van der Waals surface area contributed by atoms with Gasteiger partial charge in [0.2, 0.25) is 5.96 Å². The first-order valence-electron chi connectivity index (χ1n) is 9.00. The van der Waals surface area contributed by atoms with E-state index < -0.39 is 0 Å². The summed E-state index contributed by atoms with van der Waals surface area (Å²) >= 11 is 0. The molecule has 0 atom stereocenters. The number of aryl methyl sites for hydroxylation is 1. The van der Waals surface area contributed by atoms with E-state index in [1.807, 2.05) is 6.07 Å². The third-order valence-electron chi connectivity index (χ3n) is 5.13. The van der Waals surface area contributed by atoms with E-state index in [1.54, 1.807) is 0 Å². The molecule has 3 aromatic carbocycles. The van der Waals surface area contributed by atoms with Crippen molar-refractivity contribution in [3.63, 3.8) is 0 Å². The summed E-state index contributed by atoms with van der Waals surface area (Å²) in [5.74, 6) is 0.411. The van der Waals surface area contributed by atoms with Crippen LogP contribution >= 0.6 is 0 Å². The van der Waals surface area contributed by atoms with E-state index in [4.69, 9.17) is 5.73 Å². The molecule has 3 aromatic rings. The van der Waals surface area contributed by atoms with Crippen LogP contribution in [0.3, 0.4) is 0 Å². The fraction of sp³-hybridized carbons (Fsp3) is 0.136. The maximum absolute atomic E-state index is 6.26. The van der Waals surface area contributed by atoms with Gasteiger partial charge in [0.25, 0.3) is 0 Å². The van der Waals surface area contributed by atoms with Crippen molar-refractivity contribution in [2.24, 2.45) is 10.7 Å². The molecular formula is C22H20N4. The number of hydrogen-bond donors (Lipinski definition) is 2. The summed E-state index contributed by atoms with van der Waals surface area (Å²) in [6, 6.07) is 18.9. The second-order valence-corrected chi connectivity index (χ2v) is 6.77. The zero-order valence-electron chi connectivity index (χ0n) is 14.4. The van der Waals surface area contributed by atoms with Gasteiger partial charge in [0, 0.05) is 11.9 Å². The third-order valence-corrected chi connectivity index (χ3v) is 5.13. The van der Waals surface area contributed by atoms with Gasteiger partial charge in [-0.15, -0.1) is 0 Å². The lowest BCUT2D eigenvalue weighted by atomic mass is 10.0. The minimum atomic E-state index is 0.411. The predicted octanol–water partition coefficient (Wildman–Crippen LogP) is 4.23. The van der Waals surface area contributed by atoms with Crippen molar-refractivity contribution >= 4 is 40.3 Å². The number of aliphatic imine (C=N–C) groups is 1. The molecule has 5 rings (SSSR count). The highest BCUT2D eigenvalue weighted by atomic mass is 15.5. The molecule has 1 aliphatic carbocycles. The van der Waals surface area contributed by atoms with Crippen LogP contribution in [0.15, 0.2) is 59.6 Å². The molecule has 128 valence electrons. The molecule has 2 aliphatic rings. The van der Waals surface area contributed by atoms with E-state index in [-0.39, 0.29) is 0 Å². The van der Waals surface area contributed by atoms with Crippen LogP contribution in [0.4, 0.5) is 11.4 Å². The van der Waals surface area contributed by atoms with Crippen molar-refractivity contribution < 1.29 is 0 Å². The normalized spacial score (nSPS) is 15.4. The van der Waals surface area contributed by atoms with Crippen molar-refractivity contribution in [2.45, 2.75) is 12.8 Å². The van der Waals surface area contributed by atoms with Crippen LogP contribution in [0.1, 0.15) is 23.1 Å². The Bertz CT molecular complexity index is 1050. The number of nitrogens with zero attached hydrogens (tertiary/aromatic N) is 2. The lowest BCUT2D eigenvalue weighted by Crippen LogP contribution is -2.48. The molecule has 0 aromatic heterocycles. The van der Waals surface area contributed by atoms with Crippen molar-refractivity contribution in [1.29, 1.82) is 0 Å². The third kappa shape index (κ3) is 2.42. The highest BCUT2D eigenvalue weighted by Crippen LogP contribution is 2.36. The highest BCUT2D eigenvalue weighted by Gasteiger charge is 2.17. The summed E-state index contributed by atoms with van der Waals surface area (Å²) in [6.45, 7) is 0.918. The molecule has 0 saturated carbocycles. The summed E-state index contributed by atoms with van der Waals surface area (Å²) in [5, 5.41) is 4.48. The topological polar surface area (TPSA) is 53.6 Å². The number of hydrazine groups is 1. The second-order valence-electron chi connectivity index (χ2n) is 6.77. The number of guanidine groups is 1. The molecule has 26 heavy (non-hydrogen) atoms. The number of nitrogens with one attached hydrogen (secondary N) is 1. The number of benzene rings is 3. The zero-order chi connectivity index (χ0) is 17.5. The summed E-state index contributed by atoms with van der Waals surface area (Å²) in [5.41, 5.74) is 15.4. The fourth-order valence-corrected chi connectivity index (χ4v) is 3.95. The molecule has 4 heteroatoms. The molecule has 0 amide bonds. The zero-order valence-corrected chi connectivity index (χ0v) is 14.4. The van der Waals surface area contributed by atoms with Crippen LogP contribution < -0.4 is 16.2 Å². The lowest BCUT2D eigenvalue weighted by Gasteiger charge is -2.31. The number of anilines is 1. The standard InChI is InChI=1S/C22H20N4/c23-22(25-26-14-4-7-15-5-1-2-9-20(15)26)24-19-13-12-17-11-10-16-6-3-8-18(19)21(16)17/h1-3,5-6,8-13H,4,7,14H2,(H3,23,24,25). The Balaban J connectivity index is 1.48. The number of fused-ring (bicyclic) bond motifs is 1. The van der Waals surface area contributed by atoms with Crippen LogP contribution in [-0.4, -0.2) is 12.5 Å². The molecule has 0 unspecified atom stereocenters. The average molecular weight is 340 g/mol. The van der Waals surface area contributed by atoms with Gasteiger partial charge in [-0.25, -0.2) is 4.99 Å². The van der Waals surface area contributed by atoms with Gasteiger partial charge in [0.15, 0.2) is 0 Å². The maximum Gasteiger partial charge on any atom is 0.213 e. The van der Waals surface area contributed by atoms with Gasteiger partial charge in [-0.05, 0) is 47.1 Å². The van der Waals surface area contributed by atoms with Crippen molar-refractivity contribution in [2.75, 3.05) is 11.6 Å². The maximum atomic E-state index is 6.26. The minimum Gasteiger partial charge on any atom is -0.368 e. The largest absolute Gasteiger partial charge is 0.368 e. The van der Waals surface area contributed by atoms with Crippen molar-refractivity contribution in [3.05, 3.63) is 71.3 Å². The van der Waals surface area contributed by atoms with Crippen LogP contribution in [-0.2, 0) is 6.42 Å². The van der Waals surface area contributed by atoms with Crippen molar-refractivity contribution in [3.8, 4) is 0 Å². The summed E-state index contributed by atoms with van der Waals surface area (Å²) in [4.78, 5) is 4.68. The van der Waals surface area contributed by atoms with Crippen molar-refractivity contribution in [1.82, 2.24) is 5.43 Å². The second kappa shape index (κ2) is 5.92. The first-order chi connectivity index (χ1) is 12.8. The molecule has 1 aliphatic heterocycles. The number of rotatable bonds is 2. The average Bonchev–Trinajstić information content (AvgIpc) is 3.09. The van der Waals surface area contributed by atoms with Crippen LogP contribution in [0.5, 0.6) is 0 Å². The van der Waals surface area contributed by atoms with Gasteiger partial charge in [0.1, 0.15) is 0 Å². The minimum absolute atomic E-state index is 0.411. The van der Waals surface area contributed by atoms with Crippen LogP contribution in [0.2, 0.25) is 0 Å². The Kier molecular flexibility index (Phi) is 3.42. The molecule has 3 N–H and O–H groups in total. The fourth-order valence-electron chi connectivity index (χ4n) is 3.95. The smallest absolute Gasteiger partial charge is 0.213 e. The monoisotopic (exact) mass is 340 g/mol. The van der Waals surface area contributed by atoms with Gasteiger partial charge < -0.3 is 5.73 Å². The number of para-hydroxylation sites is 1. The van der Waals surface area contributed by atoms with Crippen LogP contribution in [0, 0.1) is 0 Å². The van der Waals surface area contributed by atoms with E-state index >= 15 is 0 Å². The molecule has 0 bridgehead atoms. The Morgan fingerprint density at radius 1 is 0.962 bits per heavy atom. The Labute approximate surface area is 152 Å². The van der Waals surface area contributed by atoms with E-state index in [0.29, 0.717) is 5.96 Å². The van der Waals surface area contributed by atoms with E-state index in [1.165, 1.54) is 27.8 Å². The molecule has 0 spiro atoms. The van der Waals surface area contributed by atoms with E-state index in [2.05, 4.69) is 76.1 Å². The number of hydrogen-bond acceptors (Lipinski definition) is 2. The first kappa shape index (κ1) is 15.0. The van der Waals surface area contributed by atoms with Crippen LogP contribution in [0.25, 0.3) is 22.9 Å². The van der Waals surface area contributed by atoms with Gasteiger partial charge in [-0.2, -0.15) is 0 Å². The quantitative estimate of drug-likeness (QED) is 0.424. The summed E-state index contributed by atoms with van der Waals surface area (Å²) in [6.07, 6.45) is 6.51. The molecule has 1 heterocycles. The number of nitrogens with two attached hydrogens (primary N) is 1.